The zero-order chi connectivity index (χ0) is 14.7. The molecule has 0 saturated carbocycles. The normalized spacial score (nSPS) is 19.7. The second kappa shape index (κ2) is 6.46. The Hall–Kier alpha value is -1.58. The number of piperazine rings is 1. The summed E-state index contributed by atoms with van der Waals surface area (Å²) in [4.78, 5) is 9.33. The van der Waals surface area contributed by atoms with Gasteiger partial charge in [-0.3, -0.25) is 0 Å². The van der Waals surface area contributed by atoms with Crippen LogP contribution in [0.25, 0.3) is 0 Å². The highest BCUT2D eigenvalue weighted by Gasteiger charge is 2.27. The van der Waals surface area contributed by atoms with Crippen LogP contribution < -0.4 is 4.90 Å². The third-order valence-corrected chi connectivity index (χ3v) is 4.33. The predicted molar refractivity (Wildman–Crippen MR) is 87.8 cm³/mol. The van der Waals surface area contributed by atoms with Gasteiger partial charge in [-0.1, -0.05) is 30.3 Å². The van der Waals surface area contributed by atoms with E-state index in [1.807, 2.05) is 12.3 Å². The minimum absolute atomic E-state index is 0.336. The first-order chi connectivity index (χ1) is 10.3. The van der Waals surface area contributed by atoms with Crippen molar-refractivity contribution in [3.8, 4) is 0 Å². The predicted octanol–water partition coefficient (Wildman–Crippen LogP) is 3.31. The Kier molecular flexibility index (Phi) is 4.42. The van der Waals surface area contributed by atoms with E-state index >= 15 is 0 Å². The van der Waals surface area contributed by atoms with E-state index in [2.05, 4.69) is 58.2 Å². The van der Waals surface area contributed by atoms with E-state index in [1.54, 1.807) is 0 Å². The summed E-state index contributed by atoms with van der Waals surface area (Å²) in [6.45, 7) is 3.04. The van der Waals surface area contributed by atoms with Crippen molar-refractivity contribution in [1.82, 2.24) is 9.88 Å². The van der Waals surface area contributed by atoms with Crippen LogP contribution in [0, 0.1) is 0 Å². The molecule has 0 amide bonds. The van der Waals surface area contributed by atoms with Gasteiger partial charge in [0, 0.05) is 31.7 Å². The molecule has 2 aromatic rings. The number of halogens is 1. The maximum atomic E-state index is 5.96. The molecule has 0 N–H and O–H groups in total. The Bertz CT molecular complexity index is 588. The number of alkyl halides is 1. The molecule has 1 aliphatic rings. The first kappa shape index (κ1) is 14.4. The van der Waals surface area contributed by atoms with E-state index in [1.165, 1.54) is 5.56 Å². The Balaban J connectivity index is 1.94. The van der Waals surface area contributed by atoms with Crippen molar-refractivity contribution in [2.24, 2.45) is 0 Å². The average Bonchev–Trinajstić information content (AvgIpc) is 2.55. The molecule has 110 valence electrons. The zero-order valence-corrected chi connectivity index (χ0v) is 13.0. The topological polar surface area (TPSA) is 19.4 Å². The highest BCUT2D eigenvalue weighted by Crippen LogP contribution is 2.29. The highest BCUT2D eigenvalue weighted by molar-refractivity contribution is 6.17. The molecule has 2 heterocycles. The standard InChI is InChI=1S/C17H20ClN3/c1-20-9-10-21(17-11-14(12-18)7-8-19-17)16(13-20)15-5-3-2-4-6-15/h2-8,11,16H,9-10,12-13H2,1H3. The Morgan fingerprint density at radius 1 is 1.19 bits per heavy atom. The monoisotopic (exact) mass is 301 g/mol. The SMILES string of the molecule is CN1CCN(c2cc(CCl)ccn2)C(c2ccccc2)C1. The summed E-state index contributed by atoms with van der Waals surface area (Å²) < 4.78 is 0. The van der Waals surface area contributed by atoms with Gasteiger partial charge in [0.1, 0.15) is 5.82 Å². The number of nitrogens with zero attached hydrogens (tertiary/aromatic N) is 3. The largest absolute Gasteiger partial charge is 0.347 e. The van der Waals surface area contributed by atoms with Crippen LogP contribution in [-0.2, 0) is 5.88 Å². The molecular formula is C17H20ClN3. The van der Waals surface area contributed by atoms with E-state index in [-0.39, 0.29) is 0 Å². The number of aromatic nitrogens is 1. The van der Waals surface area contributed by atoms with Gasteiger partial charge in [-0.25, -0.2) is 4.98 Å². The summed E-state index contributed by atoms with van der Waals surface area (Å²) in [7, 11) is 2.18. The van der Waals surface area contributed by atoms with Crippen LogP contribution in [0.1, 0.15) is 17.2 Å². The molecule has 1 atom stereocenters. The van der Waals surface area contributed by atoms with Crippen LogP contribution in [0.2, 0.25) is 0 Å². The molecule has 1 aromatic carbocycles. The van der Waals surface area contributed by atoms with Gasteiger partial charge < -0.3 is 9.80 Å². The smallest absolute Gasteiger partial charge is 0.129 e. The van der Waals surface area contributed by atoms with Crippen molar-refractivity contribution in [3.05, 3.63) is 59.8 Å². The number of benzene rings is 1. The van der Waals surface area contributed by atoms with E-state index in [9.17, 15) is 0 Å². The van der Waals surface area contributed by atoms with Crippen molar-refractivity contribution < 1.29 is 0 Å². The molecule has 1 aromatic heterocycles. The lowest BCUT2D eigenvalue weighted by Gasteiger charge is -2.41. The second-order valence-electron chi connectivity index (χ2n) is 5.54. The third kappa shape index (κ3) is 3.20. The molecule has 1 unspecified atom stereocenters. The molecule has 0 bridgehead atoms. The Morgan fingerprint density at radius 3 is 2.76 bits per heavy atom. The molecular weight excluding hydrogens is 282 g/mol. The summed E-state index contributed by atoms with van der Waals surface area (Å²) in [5.41, 5.74) is 2.45. The molecule has 3 rings (SSSR count). The second-order valence-corrected chi connectivity index (χ2v) is 5.81. The van der Waals surface area contributed by atoms with Gasteiger partial charge in [-0.2, -0.15) is 0 Å². The van der Waals surface area contributed by atoms with Crippen LogP contribution in [0.15, 0.2) is 48.7 Å². The third-order valence-electron chi connectivity index (χ3n) is 4.03. The zero-order valence-electron chi connectivity index (χ0n) is 12.2. The van der Waals surface area contributed by atoms with Gasteiger partial charge in [-0.15, -0.1) is 11.6 Å². The Morgan fingerprint density at radius 2 is 2.00 bits per heavy atom. The number of hydrogen-bond acceptors (Lipinski definition) is 3. The lowest BCUT2D eigenvalue weighted by molar-refractivity contribution is 0.268. The molecule has 1 fully saturated rings. The molecule has 0 radical (unpaired) electrons. The van der Waals surface area contributed by atoms with E-state index in [0.29, 0.717) is 11.9 Å². The molecule has 1 saturated heterocycles. The first-order valence-corrected chi connectivity index (χ1v) is 7.82. The summed E-state index contributed by atoms with van der Waals surface area (Å²) in [6.07, 6.45) is 1.85. The van der Waals surface area contributed by atoms with Crippen LogP contribution in [-0.4, -0.2) is 36.6 Å². The lowest BCUT2D eigenvalue weighted by Crippen LogP contribution is -2.47. The minimum Gasteiger partial charge on any atom is -0.347 e. The van der Waals surface area contributed by atoms with Crippen LogP contribution in [0.3, 0.4) is 0 Å². The van der Waals surface area contributed by atoms with Gasteiger partial charge in [0.25, 0.3) is 0 Å². The quantitative estimate of drug-likeness (QED) is 0.811. The van der Waals surface area contributed by atoms with Gasteiger partial charge in [-0.05, 0) is 30.3 Å². The molecule has 4 heteroatoms. The van der Waals surface area contributed by atoms with Crippen molar-refractivity contribution in [3.63, 3.8) is 0 Å². The van der Waals surface area contributed by atoms with Crippen molar-refractivity contribution in [2.75, 3.05) is 31.6 Å². The number of rotatable bonds is 3. The molecule has 0 spiro atoms. The van der Waals surface area contributed by atoms with Gasteiger partial charge in [0.15, 0.2) is 0 Å². The fraction of sp³-hybridized carbons (Fsp3) is 0.353. The summed E-state index contributed by atoms with van der Waals surface area (Å²) in [6, 6.07) is 15.1. The maximum absolute atomic E-state index is 5.96. The molecule has 3 nitrogen and oxygen atoms in total. The number of hydrogen-bond donors (Lipinski definition) is 0. The number of anilines is 1. The number of pyridine rings is 1. The van der Waals surface area contributed by atoms with Crippen molar-refractivity contribution in [1.29, 1.82) is 0 Å². The van der Waals surface area contributed by atoms with Crippen LogP contribution in [0.5, 0.6) is 0 Å². The molecule has 0 aliphatic carbocycles. The maximum Gasteiger partial charge on any atom is 0.129 e. The van der Waals surface area contributed by atoms with Gasteiger partial charge in [0.2, 0.25) is 0 Å². The Labute approximate surface area is 131 Å². The van der Waals surface area contributed by atoms with Gasteiger partial charge in [0.05, 0.1) is 6.04 Å². The number of likely N-dealkylation sites (N-methyl/N-ethyl adjacent to an activating group) is 1. The fourth-order valence-electron chi connectivity index (χ4n) is 2.85. The van der Waals surface area contributed by atoms with Crippen LogP contribution in [0.4, 0.5) is 5.82 Å². The lowest BCUT2D eigenvalue weighted by atomic mass is 10.0. The summed E-state index contributed by atoms with van der Waals surface area (Å²) >= 11 is 5.96. The van der Waals surface area contributed by atoms with E-state index < -0.39 is 0 Å². The molecule has 21 heavy (non-hydrogen) atoms. The summed E-state index contributed by atoms with van der Waals surface area (Å²) in [5, 5.41) is 0. The highest BCUT2D eigenvalue weighted by atomic mass is 35.5. The average molecular weight is 302 g/mol. The summed E-state index contributed by atoms with van der Waals surface area (Å²) in [5.74, 6) is 1.55. The minimum atomic E-state index is 0.336. The van der Waals surface area contributed by atoms with Crippen LogP contribution >= 0.6 is 11.6 Å². The van der Waals surface area contributed by atoms with E-state index in [4.69, 9.17) is 11.6 Å². The molecule has 1 aliphatic heterocycles. The first-order valence-electron chi connectivity index (χ1n) is 7.29. The fourth-order valence-corrected chi connectivity index (χ4v) is 3.02. The van der Waals surface area contributed by atoms with Crippen molar-refractivity contribution >= 4 is 17.4 Å². The van der Waals surface area contributed by atoms with Gasteiger partial charge >= 0.3 is 0 Å². The van der Waals surface area contributed by atoms with E-state index in [0.717, 1.165) is 31.0 Å². The van der Waals surface area contributed by atoms with Crippen molar-refractivity contribution in [2.45, 2.75) is 11.9 Å².